The van der Waals surface area contributed by atoms with E-state index in [0.29, 0.717) is 11.5 Å². The third-order valence-corrected chi connectivity index (χ3v) is 2.74. The van der Waals surface area contributed by atoms with E-state index in [1.165, 1.54) is 6.07 Å². The van der Waals surface area contributed by atoms with Crippen LogP contribution in [-0.2, 0) is 7.05 Å². The fourth-order valence-corrected chi connectivity index (χ4v) is 1.85. The van der Waals surface area contributed by atoms with Crippen LogP contribution >= 0.6 is 0 Å². The molecule has 0 atom stereocenters. The fraction of sp³-hybridized carbons (Fsp3) is 0.250. The van der Waals surface area contributed by atoms with Crippen LogP contribution in [-0.4, -0.2) is 9.55 Å². The molecule has 0 spiro atoms. The fourth-order valence-electron chi connectivity index (χ4n) is 1.85. The van der Waals surface area contributed by atoms with Gasteiger partial charge in [0.05, 0.1) is 11.4 Å². The molecule has 16 heavy (non-hydrogen) atoms. The summed E-state index contributed by atoms with van der Waals surface area (Å²) < 4.78 is 15.0. The number of aryl methyl sites for hydroxylation is 2. The summed E-state index contributed by atoms with van der Waals surface area (Å²) in [7, 11) is 1.85. The molecule has 0 aliphatic carbocycles. The summed E-state index contributed by atoms with van der Waals surface area (Å²) in [6, 6.07) is 5.01. The maximum absolute atomic E-state index is 13.2. The zero-order valence-electron chi connectivity index (χ0n) is 9.58. The molecule has 0 unspecified atom stereocenters. The van der Waals surface area contributed by atoms with Gasteiger partial charge in [-0.15, -0.1) is 0 Å². The predicted octanol–water partition coefficient (Wildman–Crippen LogP) is 2.43. The summed E-state index contributed by atoms with van der Waals surface area (Å²) in [6.07, 6.45) is 0. The van der Waals surface area contributed by atoms with Gasteiger partial charge in [-0.3, -0.25) is 0 Å². The number of nitrogens with zero attached hydrogens (tertiary/aromatic N) is 2. The number of aromatic nitrogens is 2. The maximum atomic E-state index is 13.2. The van der Waals surface area contributed by atoms with Crippen molar-refractivity contribution >= 4 is 5.95 Å². The molecular formula is C12H14FN3. The van der Waals surface area contributed by atoms with Crippen LogP contribution in [0.4, 0.5) is 10.3 Å². The lowest BCUT2D eigenvalue weighted by molar-refractivity contribution is 0.618. The Labute approximate surface area is 93.7 Å². The van der Waals surface area contributed by atoms with Gasteiger partial charge < -0.3 is 10.3 Å². The molecule has 0 bridgehead atoms. The molecule has 0 fully saturated rings. The van der Waals surface area contributed by atoms with Crippen molar-refractivity contribution in [2.75, 3.05) is 5.73 Å². The predicted molar refractivity (Wildman–Crippen MR) is 62.5 cm³/mol. The van der Waals surface area contributed by atoms with E-state index in [9.17, 15) is 4.39 Å². The number of hydrogen-bond acceptors (Lipinski definition) is 2. The first-order chi connectivity index (χ1) is 7.50. The minimum absolute atomic E-state index is 0.198. The first-order valence-corrected chi connectivity index (χ1v) is 5.06. The van der Waals surface area contributed by atoms with Gasteiger partial charge in [-0.1, -0.05) is 0 Å². The Morgan fingerprint density at radius 3 is 2.50 bits per heavy atom. The summed E-state index contributed by atoms with van der Waals surface area (Å²) in [5.74, 6) is 0.269. The first kappa shape index (κ1) is 10.7. The summed E-state index contributed by atoms with van der Waals surface area (Å²) >= 11 is 0. The van der Waals surface area contributed by atoms with E-state index in [1.54, 1.807) is 19.1 Å². The number of nitrogen functional groups attached to an aromatic ring is 1. The van der Waals surface area contributed by atoms with Crippen LogP contribution in [0.2, 0.25) is 0 Å². The molecule has 2 N–H and O–H groups in total. The van der Waals surface area contributed by atoms with Crippen LogP contribution in [0, 0.1) is 19.7 Å². The smallest absolute Gasteiger partial charge is 0.200 e. The van der Waals surface area contributed by atoms with E-state index < -0.39 is 0 Å². The number of benzene rings is 1. The second kappa shape index (κ2) is 3.63. The normalized spacial score (nSPS) is 10.8. The highest BCUT2D eigenvalue weighted by molar-refractivity contribution is 5.65. The average Bonchev–Trinajstić information content (AvgIpc) is 2.47. The standard InChI is InChI=1S/C12H14FN3/c1-7-6-9(4-5-10(7)13)11-8(2)15-12(14)16(11)3/h4-6H,1-3H3,(H2,14,15). The Bertz CT molecular complexity index is 543. The molecule has 4 heteroatoms. The van der Waals surface area contributed by atoms with E-state index in [2.05, 4.69) is 4.98 Å². The van der Waals surface area contributed by atoms with Crippen molar-refractivity contribution < 1.29 is 4.39 Å². The van der Waals surface area contributed by atoms with E-state index in [1.807, 2.05) is 18.5 Å². The lowest BCUT2D eigenvalue weighted by atomic mass is 10.1. The summed E-state index contributed by atoms with van der Waals surface area (Å²) in [4.78, 5) is 4.19. The molecule has 0 aliphatic heterocycles. The monoisotopic (exact) mass is 219 g/mol. The number of anilines is 1. The third kappa shape index (κ3) is 1.56. The quantitative estimate of drug-likeness (QED) is 0.800. The van der Waals surface area contributed by atoms with E-state index in [4.69, 9.17) is 5.73 Å². The summed E-state index contributed by atoms with van der Waals surface area (Å²) in [6.45, 7) is 3.64. The maximum Gasteiger partial charge on any atom is 0.200 e. The molecule has 3 nitrogen and oxygen atoms in total. The van der Waals surface area contributed by atoms with Gasteiger partial charge in [0.2, 0.25) is 5.95 Å². The van der Waals surface area contributed by atoms with Crippen LogP contribution in [0.5, 0.6) is 0 Å². The molecule has 0 aliphatic rings. The minimum Gasteiger partial charge on any atom is -0.369 e. The molecule has 2 rings (SSSR count). The van der Waals surface area contributed by atoms with Gasteiger partial charge >= 0.3 is 0 Å². The molecule has 2 aromatic rings. The molecule has 0 saturated heterocycles. The number of imidazole rings is 1. The Morgan fingerprint density at radius 1 is 1.31 bits per heavy atom. The Morgan fingerprint density at radius 2 is 2.00 bits per heavy atom. The van der Waals surface area contributed by atoms with Crippen molar-refractivity contribution in [3.63, 3.8) is 0 Å². The Kier molecular flexibility index (Phi) is 2.42. The first-order valence-electron chi connectivity index (χ1n) is 5.06. The van der Waals surface area contributed by atoms with Gasteiger partial charge in [-0.2, -0.15) is 0 Å². The molecule has 1 heterocycles. The number of rotatable bonds is 1. The molecule has 0 saturated carbocycles. The Hall–Kier alpha value is -1.84. The highest BCUT2D eigenvalue weighted by Crippen LogP contribution is 2.26. The summed E-state index contributed by atoms with van der Waals surface area (Å²) in [5.41, 5.74) is 9.06. The van der Waals surface area contributed by atoms with Crippen LogP contribution in [0.15, 0.2) is 18.2 Å². The third-order valence-electron chi connectivity index (χ3n) is 2.74. The SMILES string of the molecule is Cc1cc(-c2c(C)nc(N)n2C)ccc1F. The average molecular weight is 219 g/mol. The topological polar surface area (TPSA) is 43.8 Å². The van der Waals surface area contributed by atoms with Crippen LogP contribution in [0.25, 0.3) is 11.3 Å². The van der Waals surface area contributed by atoms with Crippen LogP contribution < -0.4 is 5.73 Å². The van der Waals surface area contributed by atoms with Gasteiger partial charge in [-0.25, -0.2) is 9.37 Å². The van der Waals surface area contributed by atoms with Crippen molar-refractivity contribution in [3.05, 3.63) is 35.3 Å². The highest BCUT2D eigenvalue weighted by atomic mass is 19.1. The van der Waals surface area contributed by atoms with Crippen molar-refractivity contribution in [2.45, 2.75) is 13.8 Å². The summed E-state index contributed by atoms with van der Waals surface area (Å²) in [5, 5.41) is 0. The van der Waals surface area contributed by atoms with Crippen molar-refractivity contribution in [1.29, 1.82) is 0 Å². The molecule has 0 radical (unpaired) electrons. The van der Waals surface area contributed by atoms with E-state index in [0.717, 1.165) is 17.0 Å². The molecule has 1 aromatic heterocycles. The van der Waals surface area contributed by atoms with E-state index in [-0.39, 0.29) is 5.82 Å². The molecule has 1 aromatic carbocycles. The van der Waals surface area contributed by atoms with Crippen molar-refractivity contribution in [3.8, 4) is 11.3 Å². The minimum atomic E-state index is -0.198. The zero-order chi connectivity index (χ0) is 11.9. The number of halogens is 1. The highest BCUT2D eigenvalue weighted by Gasteiger charge is 2.12. The zero-order valence-corrected chi connectivity index (χ0v) is 9.58. The Balaban J connectivity index is 2.63. The van der Waals surface area contributed by atoms with Gasteiger partial charge in [-0.05, 0) is 37.6 Å². The second-order valence-electron chi connectivity index (χ2n) is 3.93. The molecule has 84 valence electrons. The largest absolute Gasteiger partial charge is 0.369 e. The van der Waals surface area contributed by atoms with Gasteiger partial charge in [0.25, 0.3) is 0 Å². The van der Waals surface area contributed by atoms with Gasteiger partial charge in [0.1, 0.15) is 5.82 Å². The van der Waals surface area contributed by atoms with Gasteiger partial charge in [0.15, 0.2) is 0 Å². The number of nitrogens with two attached hydrogens (primary N) is 1. The van der Waals surface area contributed by atoms with Crippen LogP contribution in [0.3, 0.4) is 0 Å². The second-order valence-corrected chi connectivity index (χ2v) is 3.93. The van der Waals surface area contributed by atoms with Gasteiger partial charge in [0, 0.05) is 12.6 Å². The lowest BCUT2D eigenvalue weighted by Crippen LogP contribution is -1.99. The molecular weight excluding hydrogens is 205 g/mol. The van der Waals surface area contributed by atoms with Crippen molar-refractivity contribution in [2.24, 2.45) is 7.05 Å². The van der Waals surface area contributed by atoms with Crippen LogP contribution in [0.1, 0.15) is 11.3 Å². The molecule has 0 amide bonds. The van der Waals surface area contributed by atoms with E-state index >= 15 is 0 Å². The number of hydrogen-bond donors (Lipinski definition) is 1. The lowest BCUT2D eigenvalue weighted by Gasteiger charge is -2.06. The van der Waals surface area contributed by atoms with Crippen molar-refractivity contribution in [1.82, 2.24) is 9.55 Å².